The van der Waals surface area contributed by atoms with Crippen molar-refractivity contribution >= 4 is 136 Å². The Hall–Kier alpha value is -6.86. The quantitative estimate of drug-likeness (QED) is 0.0417. The molecule has 0 amide bonds. The number of benzene rings is 5. The Morgan fingerprint density at radius 2 is 0.903 bits per heavy atom. The molecule has 7 rings (SSSR count). The fourth-order valence-electron chi connectivity index (χ4n) is 7.00. The van der Waals surface area contributed by atoms with E-state index >= 15 is 0 Å². The zero-order valence-electron chi connectivity index (χ0n) is 35.2. The fraction of sp³-hybridized carbons (Fsp3) is 0.0263. The number of ketones is 2. The molecule has 1 aromatic heterocycles. The van der Waals surface area contributed by atoms with Crippen molar-refractivity contribution in [1.29, 1.82) is 0 Å². The van der Waals surface area contributed by atoms with Gasteiger partial charge in [-0.25, -0.2) is 0 Å². The van der Waals surface area contributed by atoms with Crippen molar-refractivity contribution in [3.05, 3.63) is 117 Å². The molecule has 0 unspecified atom stereocenters. The van der Waals surface area contributed by atoms with Gasteiger partial charge in [0, 0.05) is 22.5 Å². The van der Waals surface area contributed by atoms with Gasteiger partial charge in [-0.2, -0.15) is 65.5 Å². The van der Waals surface area contributed by atoms with Crippen LogP contribution in [0.4, 0.5) is 40.3 Å². The first-order valence-electron chi connectivity index (χ1n) is 18.9. The number of nitrogen functional groups attached to an aromatic ring is 1. The van der Waals surface area contributed by atoms with E-state index in [4.69, 9.17) is 17.3 Å². The van der Waals surface area contributed by atoms with Crippen LogP contribution in [0.15, 0.2) is 102 Å². The number of carbonyl (C=O) groups is 2. The molecule has 72 heavy (non-hydrogen) atoms. The normalized spacial score (nSPS) is 13.4. The number of fused-ring (bicyclic) bond motifs is 2. The lowest BCUT2D eigenvalue weighted by Gasteiger charge is -2.24. The highest BCUT2D eigenvalue weighted by molar-refractivity contribution is 7.89. The predicted octanol–water partition coefficient (Wildman–Crippen LogP) is 4.07. The minimum atomic E-state index is -5.56. The van der Waals surface area contributed by atoms with E-state index in [1.54, 1.807) is 6.92 Å². The topological polar surface area (TPSA) is 461 Å². The first kappa shape index (κ1) is 53.0. The fourth-order valence-corrected chi connectivity index (χ4v) is 11.8. The zero-order chi connectivity index (χ0) is 53.4. The summed E-state index contributed by atoms with van der Waals surface area (Å²) in [5, 5.41) is 6.93. The van der Waals surface area contributed by atoms with Crippen molar-refractivity contribution in [2.75, 3.05) is 21.7 Å². The third-order valence-corrected chi connectivity index (χ3v) is 15.7. The summed E-state index contributed by atoms with van der Waals surface area (Å²) in [5.74, 6) is -3.88. The van der Waals surface area contributed by atoms with Gasteiger partial charge in [-0.05, 0) is 89.8 Å². The third kappa shape index (κ3) is 11.0. The van der Waals surface area contributed by atoms with Gasteiger partial charge >= 0.3 is 0 Å². The van der Waals surface area contributed by atoms with Crippen LogP contribution in [0.5, 0.6) is 0 Å². The molecule has 1 aliphatic rings. The van der Waals surface area contributed by atoms with E-state index in [0.29, 0.717) is 17.7 Å². The number of nitrogens with zero attached hydrogens (tertiary/aromatic N) is 3. The minimum absolute atomic E-state index is 0.0334. The number of hydrogen-bond acceptors (Lipinski definition) is 21. The van der Waals surface area contributed by atoms with Crippen LogP contribution in [0.1, 0.15) is 48.5 Å². The number of rotatable bonds is 14. The monoisotopic (exact) mass is 1130 g/mol. The summed E-state index contributed by atoms with van der Waals surface area (Å²) < 4.78 is 207. The first-order valence-corrected chi connectivity index (χ1v) is 27.9. The maximum absolute atomic E-state index is 14.1. The SMILES string of the molecule is Cc1ccc(/C=C/c2ccc(Nc3nc(Cl)nc(Nc4ccc(Nc5cc(S(=O)(=O)O)c(N)c6c5C(=O)c5cc(S(=O)(=O)O)c(S(=O)(=O)O)cc5C6=O)cc4S(=O)(=O)O)n3)cc2S(=O)(=O)O)c(S(=O)(=O)O)c1. The summed E-state index contributed by atoms with van der Waals surface area (Å²) in [5.41, 5.74) is -0.511. The average Bonchev–Trinajstić information content (AvgIpc) is 3.23. The summed E-state index contributed by atoms with van der Waals surface area (Å²) in [6, 6.07) is 10.9. The molecular weight excluding hydrogens is 1100 g/mol. The molecule has 0 bridgehead atoms. The Morgan fingerprint density at radius 1 is 0.472 bits per heavy atom. The summed E-state index contributed by atoms with van der Waals surface area (Å²) >= 11 is 6.11. The molecule has 1 aliphatic carbocycles. The van der Waals surface area contributed by atoms with Gasteiger partial charge in [0.25, 0.3) is 60.7 Å². The molecule has 6 aromatic rings. The molecule has 0 aliphatic heterocycles. The molecule has 378 valence electrons. The van der Waals surface area contributed by atoms with Gasteiger partial charge in [0.05, 0.1) is 28.2 Å². The van der Waals surface area contributed by atoms with E-state index in [0.717, 1.165) is 24.3 Å². The van der Waals surface area contributed by atoms with E-state index in [1.165, 1.54) is 36.4 Å². The van der Waals surface area contributed by atoms with E-state index in [1.807, 2.05) is 0 Å². The summed E-state index contributed by atoms with van der Waals surface area (Å²) in [6.07, 6.45) is 2.30. The first-order chi connectivity index (χ1) is 33.0. The number of aromatic nitrogens is 3. The number of hydrogen-bond donors (Lipinski definition) is 10. The molecule has 5 aromatic carbocycles. The lowest BCUT2D eigenvalue weighted by molar-refractivity contribution is 0.0979. The maximum Gasteiger partial charge on any atom is 0.296 e. The zero-order valence-corrected chi connectivity index (χ0v) is 40.9. The number of aryl methyl sites for hydroxylation is 1. The highest BCUT2D eigenvalue weighted by Gasteiger charge is 2.40. The van der Waals surface area contributed by atoms with Gasteiger partial charge in [-0.1, -0.05) is 30.4 Å². The molecule has 34 heteroatoms. The van der Waals surface area contributed by atoms with Crippen molar-refractivity contribution in [2.24, 2.45) is 0 Å². The Morgan fingerprint density at radius 3 is 1.42 bits per heavy atom. The summed E-state index contributed by atoms with van der Waals surface area (Å²) in [4.78, 5) is 33.1. The van der Waals surface area contributed by atoms with Crippen LogP contribution in [-0.4, -0.2) is 104 Å². The highest BCUT2D eigenvalue weighted by Crippen LogP contribution is 2.42. The van der Waals surface area contributed by atoms with E-state index < -0.39 is 164 Å². The van der Waals surface area contributed by atoms with Crippen molar-refractivity contribution < 1.29 is 87.4 Å². The smallest absolute Gasteiger partial charge is 0.296 e. The second kappa shape index (κ2) is 18.3. The van der Waals surface area contributed by atoms with E-state index in [2.05, 4.69) is 30.9 Å². The second-order valence-electron chi connectivity index (χ2n) is 14.9. The molecule has 0 fully saturated rings. The maximum atomic E-state index is 14.1. The number of anilines is 7. The number of nitrogens with two attached hydrogens (primary N) is 1. The summed E-state index contributed by atoms with van der Waals surface area (Å²) in [6.45, 7) is 1.57. The standard InChI is InChI=1S/C38H28ClN7O20S6/c1-16-2-3-17(25(10-16)67(49,50)51)4-5-18-6-7-20(11-26(18)68(52,53)54)42-37-44-36(39)45-38(46-37)43-23-9-8-19(12-27(23)69(55,56)57)41-24-15-30(72(64,65)66)33(40)32-31(24)34(47)21-13-28(70(58,59)60)29(71(61,62)63)14-22(21)35(32)48/h2-15,41H,40H2,1H3,(H,49,50,51)(H,52,53,54)(H,55,56,57)(H,58,59,60)(H,61,62,63)(H,64,65,66)(H2,42,43,44,45,46)/b5-4+. The third-order valence-electron chi connectivity index (χ3n) is 10.0. The Bertz CT molecular complexity index is 4160. The number of nitrogens with one attached hydrogen (secondary N) is 3. The van der Waals surface area contributed by atoms with Gasteiger partial charge in [-0.15, -0.1) is 0 Å². The summed E-state index contributed by atoms with van der Waals surface area (Å²) in [7, 11) is -31.6. The van der Waals surface area contributed by atoms with Crippen LogP contribution in [0.2, 0.25) is 5.28 Å². The second-order valence-corrected chi connectivity index (χ2v) is 23.6. The minimum Gasteiger partial charge on any atom is -0.397 e. The molecule has 11 N–H and O–H groups in total. The molecule has 0 spiro atoms. The molecule has 0 radical (unpaired) electrons. The van der Waals surface area contributed by atoms with E-state index in [9.17, 15) is 87.4 Å². The highest BCUT2D eigenvalue weighted by atomic mass is 35.5. The van der Waals surface area contributed by atoms with Crippen LogP contribution in [-0.2, 0) is 60.7 Å². The van der Waals surface area contributed by atoms with E-state index in [-0.39, 0.29) is 28.9 Å². The van der Waals surface area contributed by atoms with Gasteiger partial charge in [0.1, 0.15) is 29.4 Å². The van der Waals surface area contributed by atoms with Crippen molar-refractivity contribution in [1.82, 2.24) is 15.0 Å². The van der Waals surface area contributed by atoms with Gasteiger partial charge < -0.3 is 21.7 Å². The molecule has 0 atom stereocenters. The number of halogens is 1. The van der Waals surface area contributed by atoms with Crippen LogP contribution in [0, 0.1) is 6.92 Å². The van der Waals surface area contributed by atoms with Crippen LogP contribution >= 0.6 is 11.6 Å². The van der Waals surface area contributed by atoms with Crippen molar-refractivity contribution in [3.8, 4) is 0 Å². The molecule has 0 saturated heterocycles. The Labute approximate surface area is 411 Å². The largest absolute Gasteiger partial charge is 0.397 e. The van der Waals surface area contributed by atoms with Crippen LogP contribution < -0.4 is 21.7 Å². The lowest BCUT2D eigenvalue weighted by Crippen LogP contribution is -2.26. The van der Waals surface area contributed by atoms with Crippen LogP contribution in [0.25, 0.3) is 12.2 Å². The number of carbonyl (C=O) groups excluding carboxylic acids is 2. The molecule has 0 saturated carbocycles. The Balaban J connectivity index is 1.24. The molecular formula is C38H28ClN7O20S6. The van der Waals surface area contributed by atoms with Crippen LogP contribution in [0.3, 0.4) is 0 Å². The average molecular weight is 1130 g/mol. The van der Waals surface area contributed by atoms with Gasteiger partial charge in [0.2, 0.25) is 17.2 Å². The van der Waals surface area contributed by atoms with Gasteiger partial charge in [-0.3, -0.25) is 36.9 Å². The predicted molar refractivity (Wildman–Crippen MR) is 251 cm³/mol. The van der Waals surface area contributed by atoms with Crippen molar-refractivity contribution in [2.45, 2.75) is 36.3 Å². The van der Waals surface area contributed by atoms with Crippen molar-refractivity contribution in [3.63, 3.8) is 0 Å². The van der Waals surface area contributed by atoms with Gasteiger partial charge in [0.15, 0.2) is 11.6 Å². The molecule has 1 heterocycles. The molecule has 27 nitrogen and oxygen atoms in total. The Kier molecular flexibility index (Phi) is 13.5. The lowest BCUT2D eigenvalue weighted by atomic mass is 9.82.